The first kappa shape index (κ1) is 13.7. The Kier molecular flexibility index (Phi) is 4.68. The quantitative estimate of drug-likeness (QED) is 0.846. The van der Waals surface area contributed by atoms with Gasteiger partial charge < -0.3 is 15.0 Å². The van der Waals surface area contributed by atoms with E-state index in [1.54, 1.807) is 0 Å². The second kappa shape index (κ2) is 6.48. The van der Waals surface area contributed by atoms with Crippen LogP contribution < -0.4 is 10.1 Å². The van der Waals surface area contributed by atoms with Crippen molar-refractivity contribution < 1.29 is 4.74 Å². The van der Waals surface area contributed by atoms with Crippen LogP contribution in [0.15, 0.2) is 24.4 Å². The maximum absolute atomic E-state index is 6.17. The van der Waals surface area contributed by atoms with Crippen LogP contribution in [0.2, 0.25) is 5.02 Å². The summed E-state index contributed by atoms with van der Waals surface area (Å²) in [5.74, 6) is 1.64. The van der Waals surface area contributed by atoms with Gasteiger partial charge in [0.1, 0.15) is 11.6 Å². The molecule has 19 heavy (non-hydrogen) atoms. The van der Waals surface area contributed by atoms with Crippen molar-refractivity contribution >= 4 is 17.3 Å². The summed E-state index contributed by atoms with van der Waals surface area (Å²) in [6.45, 7) is 5.36. The van der Waals surface area contributed by atoms with Crippen LogP contribution in [0.3, 0.4) is 0 Å². The van der Waals surface area contributed by atoms with E-state index in [0.717, 1.165) is 29.4 Å². The van der Waals surface area contributed by atoms with Crippen molar-refractivity contribution in [3.8, 4) is 5.75 Å². The Balaban J connectivity index is 1.95. The molecule has 0 saturated heterocycles. The van der Waals surface area contributed by atoms with E-state index in [1.807, 2.05) is 31.3 Å². The van der Waals surface area contributed by atoms with Gasteiger partial charge >= 0.3 is 0 Å². The van der Waals surface area contributed by atoms with Crippen molar-refractivity contribution in [3.63, 3.8) is 0 Å². The van der Waals surface area contributed by atoms with Crippen molar-refractivity contribution in [2.75, 3.05) is 11.9 Å². The predicted octanol–water partition coefficient (Wildman–Crippen LogP) is 3.77. The Morgan fingerprint density at radius 2 is 2.26 bits per heavy atom. The molecule has 0 radical (unpaired) electrons. The van der Waals surface area contributed by atoms with Gasteiger partial charge in [-0.05, 0) is 31.5 Å². The molecule has 2 aromatic rings. The van der Waals surface area contributed by atoms with Gasteiger partial charge in [0.2, 0.25) is 0 Å². The summed E-state index contributed by atoms with van der Waals surface area (Å²) >= 11 is 6.17. The van der Waals surface area contributed by atoms with E-state index in [9.17, 15) is 0 Å². The number of aromatic nitrogens is 2. The number of rotatable bonds is 6. The average molecular weight is 280 g/mol. The summed E-state index contributed by atoms with van der Waals surface area (Å²) in [5.41, 5.74) is 2.00. The zero-order valence-electron chi connectivity index (χ0n) is 11.2. The smallest absolute Gasteiger partial charge is 0.138 e. The minimum absolute atomic E-state index is 0.624. The van der Waals surface area contributed by atoms with E-state index < -0.39 is 0 Å². The van der Waals surface area contributed by atoms with Gasteiger partial charge in [0, 0.05) is 5.69 Å². The first-order valence-corrected chi connectivity index (χ1v) is 6.73. The topological polar surface area (TPSA) is 49.9 Å². The van der Waals surface area contributed by atoms with Crippen LogP contribution >= 0.6 is 11.6 Å². The molecule has 102 valence electrons. The Labute approximate surface area is 118 Å². The molecular weight excluding hydrogens is 262 g/mol. The molecule has 0 fully saturated rings. The number of hydrogen-bond donors (Lipinski definition) is 2. The van der Waals surface area contributed by atoms with E-state index in [2.05, 4.69) is 22.2 Å². The number of imidazole rings is 1. The standard InChI is InChI=1S/C14H18ClN3O/c1-3-6-19-14-5-4-11(7-13(14)15)17-9-12-8-16-10(2)18-12/h4-5,7-8,17H,3,6,9H2,1-2H3,(H,16,18). The second-order valence-corrected chi connectivity index (χ2v) is 4.75. The highest BCUT2D eigenvalue weighted by atomic mass is 35.5. The van der Waals surface area contributed by atoms with Gasteiger partial charge in [0.25, 0.3) is 0 Å². The number of benzene rings is 1. The number of aromatic amines is 1. The van der Waals surface area contributed by atoms with Gasteiger partial charge in [-0.3, -0.25) is 0 Å². The van der Waals surface area contributed by atoms with Gasteiger partial charge in [-0.1, -0.05) is 18.5 Å². The highest BCUT2D eigenvalue weighted by Crippen LogP contribution is 2.27. The number of hydrogen-bond acceptors (Lipinski definition) is 3. The summed E-state index contributed by atoms with van der Waals surface area (Å²) in [5, 5.41) is 3.91. The van der Waals surface area contributed by atoms with E-state index in [-0.39, 0.29) is 0 Å². The number of ether oxygens (including phenoxy) is 1. The third kappa shape index (κ3) is 3.89. The largest absolute Gasteiger partial charge is 0.492 e. The fraction of sp³-hybridized carbons (Fsp3) is 0.357. The summed E-state index contributed by atoms with van der Waals surface area (Å²) in [4.78, 5) is 7.32. The zero-order valence-corrected chi connectivity index (χ0v) is 11.9. The Morgan fingerprint density at radius 3 is 2.89 bits per heavy atom. The first-order valence-electron chi connectivity index (χ1n) is 6.35. The van der Waals surface area contributed by atoms with Gasteiger partial charge in [-0.15, -0.1) is 0 Å². The fourth-order valence-electron chi connectivity index (χ4n) is 1.70. The first-order chi connectivity index (χ1) is 9.19. The van der Waals surface area contributed by atoms with Gasteiger partial charge in [0.05, 0.1) is 30.1 Å². The monoisotopic (exact) mass is 279 g/mol. The lowest BCUT2D eigenvalue weighted by Crippen LogP contribution is -2.00. The Hall–Kier alpha value is -1.68. The molecule has 1 aromatic heterocycles. The molecule has 0 bridgehead atoms. The number of nitrogens with one attached hydrogen (secondary N) is 2. The molecule has 0 aliphatic heterocycles. The normalized spacial score (nSPS) is 10.5. The van der Waals surface area contributed by atoms with E-state index >= 15 is 0 Å². The number of anilines is 1. The highest BCUT2D eigenvalue weighted by molar-refractivity contribution is 6.32. The van der Waals surface area contributed by atoms with Gasteiger partial charge in [-0.25, -0.2) is 4.98 Å². The third-order valence-corrected chi connectivity index (χ3v) is 2.93. The number of aryl methyl sites for hydroxylation is 1. The molecule has 2 N–H and O–H groups in total. The minimum Gasteiger partial charge on any atom is -0.492 e. The lowest BCUT2D eigenvalue weighted by molar-refractivity contribution is 0.317. The van der Waals surface area contributed by atoms with Crippen LogP contribution in [0.1, 0.15) is 24.9 Å². The van der Waals surface area contributed by atoms with Gasteiger partial charge in [0.15, 0.2) is 0 Å². The van der Waals surface area contributed by atoms with Crippen LogP contribution in [-0.2, 0) is 6.54 Å². The van der Waals surface area contributed by atoms with E-state index in [1.165, 1.54) is 0 Å². The summed E-state index contributed by atoms with van der Waals surface area (Å²) < 4.78 is 5.53. The molecule has 1 heterocycles. The third-order valence-electron chi connectivity index (χ3n) is 2.63. The molecule has 0 unspecified atom stereocenters. The van der Waals surface area contributed by atoms with E-state index in [4.69, 9.17) is 16.3 Å². The predicted molar refractivity (Wildman–Crippen MR) is 77.9 cm³/mol. The van der Waals surface area contributed by atoms with Gasteiger partial charge in [-0.2, -0.15) is 0 Å². The molecule has 0 aliphatic carbocycles. The molecule has 4 nitrogen and oxygen atoms in total. The summed E-state index contributed by atoms with van der Waals surface area (Å²) in [7, 11) is 0. The average Bonchev–Trinajstić information content (AvgIpc) is 2.81. The SMILES string of the molecule is CCCOc1ccc(NCc2cnc(C)[nH]2)cc1Cl. The molecule has 0 amide bonds. The van der Waals surface area contributed by atoms with Crippen molar-refractivity contribution in [3.05, 3.63) is 40.9 Å². The minimum atomic E-state index is 0.624. The zero-order chi connectivity index (χ0) is 13.7. The molecule has 0 atom stereocenters. The molecule has 0 aliphatic rings. The Bertz CT molecular complexity index is 539. The summed E-state index contributed by atoms with van der Waals surface area (Å²) in [6, 6.07) is 5.72. The maximum Gasteiger partial charge on any atom is 0.138 e. The molecule has 0 saturated carbocycles. The number of H-pyrrole nitrogens is 1. The van der Waals surface area contributed by atoms with Crippen LogP contribution in [-0.4, -0.2) is 16.6 Å². The van der Waals surface area contributed by atoms with Crippen molar-refractivity contribution in [1.29, 1.82) is 0 Å². The fourth-order valence-corrected chi connectivity index (χ4v) is 1.93. The van der Waals surface area contributed by atoms with Crippen molar-refractivity contribution in [2.24, 2.45) is 0 Å². The Morgan fingerprint density at radius 1 is 1.42 bits per heavy atom. The molecule has 0 spiro atoms. The lowest BCUT2D eigenvalue weighted by atomic mass is 10.3. The molecule has 2 rings (SSSR count). The molecule has 1 aromatic carbocycles. The van der Waals surface area contributed by atoms with Crippen LogP contribution in [0, 0.1) is 6.92 Å². The number of nitrogens with zero attached hydrogens (tertiary/aromatic N) is 1. The van der Waals surface area contributed by atoms with Crippen molar-refractivity contribution in [2.45, 2.75) is 26.8 Å². The molecular formula is C14H18ClN3O. The van der Waals surface area contributed by atoms with Crippen LogP contribution in [0.4, 0.5) is 5.69 Å². The highest BCUT2D eigenvalue weighted by Gasteiger charge is 2.03. The summed E-state index contributed by atoms with van der Waals surface area (Å²) in [6.07, 6.45) is 2.79. The number of halogens is 1. The van der Waals surface area contributed by atoms with Crippen LogP contribution in [0.5, 0.6) is 5.75 Å². The second-order valence-electron chi connectivity index (χ2n) is 4.34. The lowest BCUT2D eigenvalue weighted by Gasteiger charge is -2.10. The van der Waals surface area contributed by atoms with E-state index in [0.29, 0.717) is 18.2 Å². The molecule has 5 heteroatoms. The van der Waals surface area contributed by atoms with Crippen molar-refractivity contribution in [1.82, 2.24) is 9.97 Å². The maximum atomic E-state index is 6.17. The van der Waals surface area contributed by atoms with Crippen LogP contribution in [0.25, 0.3) is 0 Å².